The van der Waals surface area contributed by atoms with E-state index in [0.717, 1.165) is 0 Å². The molecule has 15 nitrogen and oxygen atoms in total. The third-order valence-electron chi connectivity index (χ3n) is 2.80. The maximum absolute atomic E-state index is 11.0. The van der Waals surface area contributed by atoms with Crippen LogP contribution in [0.4, 0.5) is 0 Å². The van der Waals surface area contributed by atoms with Crippen LogP contribution in [-0.2, 0) is 27.3 Å². The minimum absolute atomic E-state index is 2.31. The molecular formula is C6H15O15P3. The molecule has 1 saturated carbocycles. The molecule has 0 aromatic heterocycles. The molecule has 0 aromatic rings. The molecule has 0 bridgehead atoms. The van der Waals surface area contributed by atoms with Gasteiger partial charge in [-0.1, -0.05) is 0 Å². The number of aliphatic hydroxyl groups is 3. The predicted octanol–water partition coefficient (Wildman–Crippen LogP) is -3.48. The molecule has 18 heteroatoms. The molecule has 1 aliphatic rings. The van der Waals surface area contributed by atoms with Crippen LogP contribution in [0.2, 0.25) is 0 Å². The quantitative estimate of drug-likeness (QED) is 0.189. The molecule has 1 rings (SSSR count). The minimum Gasteiger partial charge on any atom is -0.387 e. The van der Waals surface area contributed by atoms with E-state index in [1.54, 1.807) is 0 Å². The first-order chi connectivity index (χ1) is 10.5. The molecule has 1 fully saturated rings. The minimum atomic E-state index is -5.48. The Morgan fingerprint density at radius 3 is 1.00 bits per heavy atom. The number of phosphoric ester groups is 3. The van der Waals surface area contributed by atoms with Gasteiger partial charge in [0, 0.05) is 0 Å². The largest absolute Gasteiger partial charge is 0.470 e. The van der Waals surface area contributed by atoms with Gasteiger partial charge in [0.25, 0.3) is 0 Å². The van der Waals surface area contributed by atoms with Crippen LogP contribution in [0.25, 0.3) is 0 Å². The Labute approximate surface area is 133 Å². The summed E-state index contributed by atoms with van der Waals surface area (Å²) in [5.74, 6) is 0. The summed E-state index contributed by atoms with van der Waals surface area (Å²) >= 11 is 0. The van der Waals surface area contributed by atoms with E-state index < -0.39 is 60.1 Å². The summed E-state index contributed by atoms with van der Waals surface area (Å²) in [5, 5.41) is 29.0. The lowest BCUT2D eigenvalue weighted by molar-refractivity contribution is -0.212. The van der Waals surface area contributed by atoms with Gasteiger partial charge in [-0.15, -0.1) is 0 Å². The zero-order chi connectivity index (χ0) is 19.1. The van der Waals surface area contributed by atoms with Crippen molar-refractivity contribution < 1.29 is 71.9 Å². The molecule has 0 aromatic carbocycles. The number of hydrogen-bond acceptors (Lipinski definition) is 9. The first-order valence-corrected chi connectivity index (χ1v) is 10.4. The molecule has 0 unspecified atom stereocenters. The highest BCUT2D eigenvalue weighted by atomic mass is 31.2. The first-order valence-electron chi connectivity index (χ1n) is 5.78. The Balaban J connectivity index is 3.32. The molecular weight excluding hydrogens is 405 g/mol. The van der Waals surface area contributed by atoms with Gasteiger partial charge >= 0.3 is 23.5 Å². The van der Waals surface area contributed by atoms with Gasteiger partial charge in [-0.3, -0.25) is 13.6 Å². The molecule has 1 aliphatic carbocycles. The average Bonchev–Trinajstić information content (AvgIpc) is 2.32. The van der Waals surface area contributed by atoms with Crippen molar-refractivity contribution in [2.75, 3.05) is 0 Å². The van der Waals surface area contributed by atoms with Crippen LogP contribution in [0.3, 0.4) is 0 Å². The van der Waals surface area contributed by atoms with E-state index in [9.17, 15) is 29.0 Å². The lowest BCUT2D eigenvalue weighted by atomic mass is 9.85. The van der Waals surface area contributed by atoms with Crippen molar-refractivity contribution in [2.45, 2.75) is 36.6 Å². The molecule has 0 aliphatic heterocycles. The Morgan fingerprint density at radius 1 is 0.500 bits per heavy atom. The van der Waals surface area contributed by atoms with E-state index in [4.69, 9.17) is 29.4 Å². The van der Waals surface area contributed by atoms with Gasteiger partial charge in [0.15, 0.2) is 0 Å². The van der Waals surface area contributed by atoms with Gasteiger partial charge in [0.05, 0.1) is 0 Å². The van der Waals surface area contributed by atoms with Crippen molar-refractivity contribution in [3.8, 4) is 0 Å². The predicted molar refractivity (Wildman–Crippen MR) is 68.8 cm³/mol. The molecule has 144 valence electrons. The van der Waals surface area contributed by atoms with Crippen LogP contribution in [-0.4, -0.2) is 81.3 Å². The average molecular weight is 420 g/mol. The highest BCUT2D eigenvalue weighted by Gasteiger charge is 2.56. The van der Waals surface area contributed by atoms with Crippen molar-refractivity contribution >= 4 is 23.5 Å². The second-order valence-corrected chi connectivity index (χ2v) is 8.23. The maximum Gasteiger partial charge on any atom is 0.470 e. The molecule has 24 heavy (non-hydrogen) atoms. The Kier molecular flexibility index (Phi) is 6.90. The van der Waals surface area contributed by atoms with Crippen LogP contribution in [0.15, 0.2) is 0 Å². The Morgan fingerprint density at radius 2 is 0.750 bits per heavy atom. The lowest BCUT2D eigenvalue weighted by Gasteiger charge is -2.44. The second kappa shape index (κ2) is 7.45. The second-order valence-electron chi connectivity index (χ2n) is 4.65. The highest BCUT2D eigenvalue weighted by molar-refractivity contribution is 7.47. The topological polar surface area (TPSA) is 261 Å². The SMILES string of the molecule is O=P(O)(O)O[C@@H]1[C@H](OP(=O)(O)O)[C@@H](O)[C@H](O)[C@@H](O)[C@@H]1OP(=O)(O)O. The molecule has 9 N–H and O–H groups in total. The molecule has 0 radical (unpaired) electrons. The molecule has 0 amide bonds. The van der Waals surface area contributed by atoms with Crippen molar-refractivity contribution in [3.63, 3.8) is 0 Å². The Bertz CT molecular complexity index is 536. The summed E-state index contributed by atoms with van der Waals surface area (Å²) in [5.41, 5.74) is 0. The first kappa shape index (κ1) is 22.3. The summed E-state index contributed by atoms with van der Waals surface area (Å²) in [6, 6.07) is 0. The fourth-order valence-corrected chi connectivity index (χ4v) is 3.69. The fourth-order valence-electron chi connectivity index (χ4n) is 2.01. The van der Waals surface area contributed by atoms with Gasteiger partial charge in [-0.05, 0) is 0 Å². The maximum atomic E-state index is 11.0. The van der Waals surface area contributed by atoms with Crippen LogP contribution < -0.4 is 0 Å². The standard InChI is InChI=1S/C6H15O15P3/c7-1-2(8)4(19-22(10,11)12)6(21-24(16,17)18)5(3(1)9)20-23(13,14)15/h1-9H,(H2,10,11,12)(H2,13,14,15)(H2,16,17,18)/t1-,2-,3+,4+,5-,6+. The molecule has 6 atom stereocenters. The third kappa shape index (κ3) is 6.50. The van der Waals surface area contributed by atoms with E-state index in [1.165, 1.54) is 0 Å². The van der Waals surface area contributed by atoms with Crippen molar-refractivity contribution in [1.82, 2.24) is 0 Å². The zero-order valence-electron chi connectivity index (χ0n) is 11.3. The summed E-state index contributed by atoms with van der Waals surface area (Å²) in [7, 11) is -16.3. The normalized spacial score (nSPS) is 35.9. The monoisotopic (exact) mass is 420 g/mol. The highest BCUT2D eigenvalue weighted by Crippen LogP contribution is 2.50. The Hall–Kier alpha value is 0.210. The van der Waals surface area contributed by atoms with Crippen LogP contribution in [0.5, 0.6) is 0 Å². The van der Waals surface area contributed by atoms with Crippen molar-refractivity contribution in [1.29, 1.82) is 0 Å². The van der Waals surface area contributed by atoms with Gasteiger partial charge in [0.2, 0.25) is 0 Å². The van der Waals surface area contributed by atoms with E-state index in [2.05, 4.69) is 13.6 Å². The molecule has 0 heterocycles. The summed E-state index contributed by atoms with van der Waals surface area (Å²) in [6.45, 7) is 0. The summed E-state index contributed by atoms with van der Waals surface area (Å²) in [6.07, 6.45) is -14.3. The number of aliphatic hydroxyl groups excluding tert-OH is 3. The van der Waals surface area contributed by atoms with E-state index in [1.807, 2.05) is 0 Å². The fraction of sp³-hybridized carbons (Fsp3) is 1.00. The van der Waals surface area contributed by atoms with Crippen LogP contribution in [0, 0.1) is 0 Å². The van der Waals surface area contributed by atoms with Gasteiger partial charge < -0.3 is 44.7 Å². The van der Waals surface area contributed by atoms with E-state index >= 15 is 0 Å². The molecule has 0 spiro atoms. The zero-order valence-corrected chi connectivity index (χ0v) is 14.0. The summed E-state index contributed by atoms with van der Waals surface area (Å²) in [4.78, 5) is 52.7. The van der Waals surface area contributed by atoms with Gasteiger partial charge in [-0.25, -0.2) is 13.7 Å². The lowest BCUT2D eigenvalue weighted by Crippen LogP contribution is -2.65. The molecule has 0 saturated heterocycles. The van der Waals surface area contributed by atoms with Gasteiger partial charge in [0.1, 0.15) is 36.6 Å². The number of phosphoric acid groups is 3. The van der Waals surface area contributed by atoms with E-state index in [-0.39, 0.29) is 0 Å². The smallest absolute Gasteiger partial charge is 0.387 e. The number of hydrogen-bond donors (Lipinski definition) is 9. The van der Waals surface area contributed by atoms with E-state index in [0.29, 0.717) is 0 Å². The van der Waals surface area contributed by atoms with Crippen molar-refractivity contribution in [2.24, 2.45) is 0 Å². The van der Waals surface area contributed by atoms with Crippen LogP contribution >= 0.6 is 23.5 Å². The summed E-state index contributed by atoms with van der Waals surface area (Å²) < 4.78 is 45.0. The third-order valence-corrected chi connectivity index (χ3v) is 4.35. The van der Waals surface area contributed by atoms with Crippen molar-refractivity contribution in [3.05, 3.63) is 0 Å². The number of rotatable bonds is 6. The van der Waals surface area contributed by atoms with Gasteiger partial charge in [-0.2, -0.15) is 0 Å². The van der Waals surface area contributed by atoms with Crippen LogP contribution in [0.1, 0.15) is 0 Å².